The maximum Gasteiger partial charge on any atom is 0.308 e. The first kappa shape index (κ1) is 18.3. The van der Waals surface area contributed by atoms with Crippen LogP contribution in [0.3, 0.4) is 0 Å². The minimum absolute atomic E-state index is 0.0708. The molecule has 5 nitrogen and oxygen atoms in total. The van der Waals surface area contributed by atoms with E-state index in [9.17, 15) is 9.59 Å². The number of Topliss-reactive ketones (excluding diaryl/α,β-unsaturated/α-hetero) is 1. The monoisotopic (exact) mass is 308 g/mol. The number of hydrogen-bond acceptors (Lipinski definition) is 5. The molecule has 122 valence electrons. The summed E-state index contributed by atoms with van der Waals surface area (Å²) in [6.45, 7) is 5.22. The molecule has 1 N–H and O–H groups in total. The number of ether oxygens (including phenoxy) is 2. The maximum atomic E-state index is 12.0. The van der Waals surface area contributed by atoms with Crippen LogP contribution >= 0.6 is 0 Å². The topological polar surface area (TPSA) is 72.8 Å². The van der Waals surface area contributed by atoms with Crippen molar-refractivity contribution in [2.24, 2.45) is 0 Å². The van der Waals surface area contributed by atoms with Crippen LogP contribution < -0.4 is 0 Å². The van der Waals surface area contributed by atoms with Gasteiger partial charge in [0.05, 0.1) is 19.1 Å². The number of carbonyl (C=O) groups excluding carboxylic acids is 2. The highest BCUT2D eigenvalue weighted by Gasteiger charge is 2.19. The van der Waals surface area contributed by atoms with E-state index in [2.05, 4.69) is 0 Å². The van der Waals surface area contributed by atoms with E-state index in [-0.39, 0.29) is 18.6 Å². The summed E-state index contributed by atoms with van der Waals surface area (Å²) < 4.78 is 10.6. The first-order chi connectivity index (χ1) is 10.4. The van der Waals surface area contributed by atoms with Crippen LogP contribution in [0.4, 0.5) is 0 Å². The first-order valence-electron chi connectivity index (χ1n) is 7.44. The largest absolute Gasteiger partial charge is 0.462 e. The van der Waals surface area contributed by atoms with Gasteiger partial charge in [0, 0.05) is 6.42 Å². The van der Waals surface area contributed by atoms with E-state index < -0.39 is 24.3 Å². The van der Waals surface area contributed by atoms with E-state index in [4.69, 9.17) is 14.6 Å². The van der Waals surface area contributed by atoms with Crippen LogP contribution in [0, 0.1) is 0 Å². The van der Waals surface area contributed by atoms with E-state index in [1.807, 2.05) is 30.3 Å². The van der Waals surface area contributed by atoms with E-state index >= 15 is 0 Å². The molecule has 0 aliphatic heterocycles. The molecule has 0 bridgehead atoms. The minimum Gasteiger partial charge on any atom is -0.462 e. The molecule has 5 heteroatoms. The number of esters is 1. The molecule has 22 heavy (non-hydrogen) atoms. The molecule has 0 aromatic heterocycles. The van der Waals surface area contributed by atoms with Crippen molar-refractivity contribution in [1.82, 2.24) is 0 Å². The molecule has 0 fully saturated rings. The molecule has 0 amide bonds. The maximum absolute atomic E-state index is 12.0. The summed E-state index contributed by atoms with van der Waals surface area (Å²) >= 11 is 0. The number of aliphatic hydroxyl groups is 1. The van der Waals surface area contributed by atoms with Gasteiger partial charge in [0.15, 0.2) is 5.78 Å². The molecule has 0 spiro atoms. The van der Waals surface area contributed by atoms with Gasteiger partial charge in [0.25, 0.3) is 0 Å². The van der Waals surface area contributed by atoms with E-state index in [0.29, 0.717) is 6.61 Å². The molecular formula is C17H24O5. The molecule has 0 heterocycles. The average molecular weight is 308 g/mol. The fraction of sp³-hybridized carbons (Fsp3) is 0.529. The van der Waals surface area contributed by atoms with Crippen LogP contribution in [-0.2, 0) is 25.7 Å². The van der Waals surface area contributed by atoms with Gasteiger partial charge < -0.3 is 14.6 Å². The highest BCUT2D eigenvalue weighted by atomic mass is 16.5. The van der Waals surface area contributed by atoms with Crippen molar-refractivity contribution >= 4 is 11.8 Å². The smallest absolute Gasteiger partial charge is 0.308 e. The number of rotatable bonds is 9. The minimum atomic E-state index is -0.747. The molecule has 1 unspecified atom stereocenters. The van der Waals surface area contributed by atoms with Gasteiger partial charge >= 0.3 is 5.97 Å². The van der Waals surface area contributed by atoms with E-state index in [0.717, 1.165) is 5.56 Å². The van der Waals surface area contributed by atoms with Gasteiger partial charge in [-0.3, -0.25) is 9.59 Å². The summed E-state index contributed by atoms with van der Waals surface area (Å²) in [6.07, 6.45) is -1.80. The lowest BCUT2D eigenvalue weighted by Gasteiger charge is -2.16. The lowest BCUT2D eigenvalue weighted by molar-refractivity contribution is -0.152. The Morgan fingerprint density at radius 3 is 2.32 bits per heavy atom. The van der Waals surface area contributed by atoms with Gasteiger partial charge in [-0.2, -0.15) is 0 Å². The molecular weight excluding hydrogens is 284 g/mol. The standard InChI is InChI=1S/C17H24O5/c1-12(18)9-17(20)22-13(2)10-16(19)14(3)21-11-15-7-5-4-6-8-15/h4-8,12-14,18H,9-11H2,1-3H3/t12-,13-,14?/m1/s1. The van der Waals surface area contributed by atoms with Gasteiger partial charge in [-0.05, 0) is 26.3 Å². The molecule has 1 aromatic rings. The van der Waals surface area contributed by atoms with Crippen LogP contribution in [0.15, 0.2) is 30.3 Å². The van der Waals surface area contributed by atoms with Gasteiger partial charge in [-0.15, -0.1) is 0 Å². The highest BCUT2D eigenvalue weighted by Crippen LogP contribution is 2.09. The quantitative estimate of drug-likeness (QED) is 0.708. The Hall–Kier alpha value is -1.72. The summed E-state index contributed by atoms with van der Waals surface area (Å²) in [5, 5.41) is 9.10. The van der Waals surface area contributed by atoms with Crippen molar-refractivity contribution in [2.75, 3.05) is 0 Å². The van der Waals surface area contributed by atoms with Crippen LogP contribution in [0.1, 0.15) is 39.2 Å². The molecule has 1 aromatic carbocycles. The normalized spacial score (nSPS) is 14.9. The summed E-state index contributed by atoms with van der Waals surface area (Å²) in [4.78, 5) is 23.4. The predicted octanol–water partition coefficient (Wildman–Crippen LogP) is 2.25. The zero-order chi connectivity index (χ0) is 16.5. The molecule has 0 aliphatic rings. The third-order valence-electron chi connectivity index (χ3n) is 3.08. The summed E-state index contributed by atoms with van der Waals surface area (Å²) in [7, 11) is 0. The molecule has 3 atom stereocenters. The summed E-state index contributed by atoms with van der Waals surface area (Å²) in [5.74, 6) is -0.624. The van der Waals surface area contributed by atoms with Crippen LogP contribution in [0.25, 0.3) is 0 Å². The van der Waals surface area contributed by atoms with Crippen molar-refractivity contribution < 1.29 is 24.2 Å². The zero-order valence-corrected chi connectivity index (χ0v) is 13.3. The van der Waals surface area contributed by atoms with Crippen molar-refractivity contribution in [3.8, 4) is 0 Å². The third kappa shape index (κ3) is 7.33. The number of carbonyl (C=O) groups is 2. The molecule has 0 saturated carbocycles. The zero-order valence-electron chi connectivity index (χ0n) is 13.3. The highest BCUT2D eigenvalue weighted by molar-refractivity contribution is 5.83. The lowest BCUT2D eigenvalue weighted by Crippen LogP contribution is -2.27. The number of aliphatic hydroxyl groups excluding tert-OH is 1. The number of ketones is 1. The average Bonchev–Trinajstić information content (AvgIpc) is 2.44. The molecule has 0 aliphatic carbocycles. The fourth-order valence-corrected chi connectivity index (χ4v) is 1.89. The second kappa shape index (κ2) is 9.33. The van der Waals surface area contributed by atoms with Crippen LogP contribution in [0.5, 0.6) is 0 Å². The molecule has 0 radical (unpaired) electrons. The van der Waals surface area contributed by atoms with E-state index in [1.165, 1.54) is 6.92 Å². The second-order valence-electron chi connectivity index (χ2n) is 5.46. The Bertz CT molecular complexity index is 469. The first-order valence-corrected chi connectivity index (χ1v) is 7.44. The lowest BCUT2D eigenvalue weighted by atomic mass is 10.1. The third-order valence-corrected chi connectivity index (χ3v) is 3.08. The Kier molecular flexibility index (Phi) is 7.77. The SMILES string of the molecule is CC(OCc1ccccc1)C(=O)C[C@@H](C)OC(=O)C[C@@H](C)O. The van der Waals surface area contributed by atoms with E-state index in [1.54, 1.807) is 13.8 Å². The predicted molar refractivity (Wildman–Crippen MR) is 82.2 cm³/mol. The van der Waals surface area contributed by atoms with Crippen LogP contribution in [-0.4, -0.2) is 35.2 Å². The summed E-state index contributed by atoms with van der Waals surface area (Å²) in [5.41, 5.74) is 0.999. The fourth-order valence-electron chi connectivity index (χ4n) is 1.89. The second-order valence-corrected chi connectivity index (χ2v) is 5.46. The number of hydrogen-bond donors (Lipinski definition) is 1. The molecule has 0 saturated heterocycles. The van der Waals surface area contributed by atoms with Gasteiger partial charge in [0.2, 0.25) is 0 Å². The Morgan fingerprint density at radius 2 is 1.73 bits per heavy atom. The van der Waals surface area contributed by atoms with Gasteiger partial charge in [-0.1, -0.05) is 30.3 Å². The van der Waals surface area contributed by atoms with Gasteiger partial charge in [-0.25, -0.2) is 0 Å². The summed E-state index contributed by atoms with van der Waals surface area (Å²) in [6, 6.07) is 9.60. The molecule has 1 rings (SSSR count). The Morgan fingerprint density at radius 1 is 1.09 bits per heavy atom. The van der Waals surface area contributed by atoms with Crippen molar-refractivity contribution in [3.05, 3.63) is 35.9 Å². The van der Waals surface area contributed by atoms with Gasteiger partial charge in [0.1, 0.15) is 12.2 Å². The van der Waals surface area contributed by atoms with Crippen LogP contribution in [0.2, 0.25) is 0 Å². The Balaban J connectivity index is 2.32. The van der Waals surface area contributed by atoms with Crippen molar-refractivity contribution in [3.63, 3.8) is 0 Å². The van der Waals surface area contributed by atoms with Crippen molar-refractivity contribution in [1.29, 1.82) is 0 Å². The Labute approximate surface area is 131 Å². The van der Waals surface area contributed by atoms with Crippen molar-refractivity contribution in [2.45, 2.75) is 58.5 Å². The number of benzene rings is 1.